The molecular formula is C14H27N. The lowest BCUT2D eigenvalue weighted by Crippen LogP contribution is -2.53. The zero-order valence-corrected chi connectivity index (χ0v) is 11.3. The van der Waals surface area contributed by atoms with Crippen LogP contribution in [0.3, 0.4) is 0 Å². The van der Waals surface area contributed by atoms with Gasteiger partial charge in [-0.2, -0.15) is 0 Å². The molecule has 0 radical (unpaired) electrons. The maximum absolute atomic E-state index is 3.76. The maximum atomic E-state index is 3.76. The molecule has 1 nitrogen and oxygen atoms in total. The summed E-state index contributed by atoms with van der Waals surface area (Å²) < 4.78 is 0. The van der Waals surface area contributed by atoms with Crippen molar-refractivity contribution in [1.82, 2.24) is 5.32 Å². The van der Waals surface area contributed by atoms with Crippen LogP contribution in [0.2, 0.25) is 0 Å². The van der Waals surface area contributed by atoms with Gasteiger partial charge in [0.15, 0.2) is 0 Å². The number of rotatable bonds is 0. The second kappa shape index (κ2) is 3.00. The third kappa shape index (κ3) is 1.25. The van der Waals surface area contributed by atoms with Gasteiger partial charge in [-0.3, -0.25) is 0 Å². The molecule has 0 aromatic rings. The summed E-state index contributed by atoms with van der Waals surface area (Å²) in [7, 11) is 0. The standard InChI is InChI=1S/C14H27N/c1-12(2,3)14(13(4,5)6)10-7-8-11(14)15-9-10/h10-11,15H,7-9H2,1-6H3. The molecule has 2 fully saturated rings. The van der Waals surface area contributed by atoms with Gasteiger partial charge in [-0.05, 0) is 41.5 Å². The molecule has 1 aliphatic carbocycles. The van der Waals surface area contributed by atoms with E-state index in [0.29, 0.717) is 16.2 Å². The predicted octanol–water partition coefficient (Wildman–Crippen LogP) is 3.45. The molecule has 1 N–H and O–H groups in total. The number of piperidine rings is 1. The number of hydrogen-bond acceptors (Lipinski definition) is 1. The lowest BCUT2D eigenvalue weighted by atomic mass is 9.50. The highest BCUT2D eigenvalue weighted by Crippen LogP contribution is 2.65. The minimum atomic E-state index is 0.403. The van der Waals surface area contributed by atoms with Crippen molar-refractivity contribution in [2.24, 2.45) is 22.2 Å². The second-order valence-electron chi connectivity index (χ2n) is 7.60. The fourth-order valence-electron chi connectivity index (χ4n) is 5.31. The van der Waals surface area contributed by atoms with Crippen molar-refractivity contribution >= 4 is 0 Å². The monoisotopic (exact) mass is 209 g/mol. The van der Waals surface area contributed by atoms with Gasteiger partial charge in [-0.1, -0.05) is 41.5 Å². The van der Waals surface area contributed by atoms with Crippen molar-refractivity contribution < 1.29 is 0 Å². The first-order valence-corrected chi connectivity index (χ1v) is 6.44. The van der Waals surface area contributed by atoms with Crippen LogP contribution < -0.4 is 5.32 Å². The van der Waals surface area contributed by atoms with Gasteiger partial charge in [0.1, 0.15) is 0 Å². The van der Waals surface area contributed by atoms with Gasteiger partial charge >= 0.3 is 0 Å². The van der Waals surface area contributed by atoms with Crippen LogP contribution >= 0.6 is 0 Å². The predicted molar refractivity (Wildman–Crippen MR) is 65.9 cm³/mol. The molecule has 1 heterocycles. The van der Waals surface area contributed by atoms with Crippen LogP contribution in [0.5, 0.6) is 0 Å². The minimum Gasteiger partial charge on any atom is -0.313 e. The van der Waals surface area contributed by atoms with E-state index in [0.717, 1.165) is 12.0 Å². The molecule has 0 aromatic heterocycles. The van der Waals surface area contributed by atoms with Gasteiger partial charge in [0.05, 0.1) is 0 Å². The van der Waals surface area contributed by atoms with Crippen LogP contribution in [0.1, 0.15) is 54.4 Å². The molecule has 2 aliphatic rings. The molecule has 0 amide bonds. The molecule has 2 atom stereocenters. The molecule has 88 valence electrons. The van der Waals surface area contributed by atoms with Crippen LogP contribution in [-0.2, 0) is 0 Å². The molecule has 1 aliphatic heterocycles. The van der Waals surface area contributed by atoms with E-state index in [9.17, 15) is 0 Å². The lowest BCUT2D eigenvalue weighted by Gasteiger charge is -2.55. The van der Waals surface area contributed by atoms with Crippen molar-refractivity contribution in [3.8, 4) is 0 Å². The quantitative estimate of drug-likeness (QED) is 0.644. The maximum Gasteiger partial charge on any atom is 0.0137 e. The molecular weight excluding hydrogens is 182 g/mol. The summed E-state index contributed by atoms with van der Waals surface area (Å²) in [5, 5.41) is 3.76. The van der Waals surface area contributed by atoms with Gasteiger partial charge in [0, 0.05) is 6.04 Å². The molecule has 2 unspecified atom stereocenters. The van der Waals surface area contributed by atoms with Crippen LogP contribution in [0.25, 0.3) is 0 Å². The highest BCUT2D eigenvalue weighted by Gasteiger charge is 2.64. The molecule has 1 saturated heterocycles. The van der Waals surface area contributed by atoms with Gasteiger partial charge in [-0.15, -0.1) is 0 Å². The first-order valence-electron chi connectivity index (χ1n) is 6.44. The third-order valence-corrected chi connectivity index (χ3v) is 5.09. The highest BCUT2D eigenvalue weighted by molar-refractivity contribution is 5.16. The van der Waals surface area contributed by atoms with Crippen molar-refractivity contribution in [3.63, 3.8) is 0 Å². The van der Waals surface area contributed by atoms with E-state index in [1.54, 1.807) is 0 Å². The van der Waals surface area contributed by atoms with Gasteiger partial charge in [-0.25, -0.2) is 0 Å². The third-order valence-electron chi connectivity index (χ3n) is 5.09. The Kier molecular flexibility index (Phi) is 2.29. The number of nitrogens with one attached hydrogen (secondary N) is 1. The highest BCUT2D eigenvalue weighted by atomic mass is 15.0. The molecule has 2 bridgehead atoms. The Balaban J connectivity index is 2.51. The topological polar surface area (TPSA) is 12.0 Å². The van der Waals surface area contributed by atoms with Crippen LogP contribution in [0.15, 0.2) is 0 Å². The van der Waals surface area contributed by atoms with E-state index in [1.165, 1.54) is 19.4 Å². The number of fused-ring (bicyclic) bond motifs is 2. The van der Waals surface area contributed by atoms with E-state index in [1.807, 2.05) is 0 Å². The summed E-state index contributed by atoms with van der Waals surface area (Å²) in [6, 6.07) is 0.752. The Bertz CT molecular complexity index is 217. The average molecular weight is 209 g/mol. The van der Waals surface area contributed by atoms with Crippen molar-refractivity contribution in [3.05, 3.63) is 0 Å². The summed E-state index contributed by atoms with van der Waals surface area (Å²) in [4.78, 5) is 0. The minimum absolute atomic E-state index is 0.403. The Hall–Kier alpha value is -0.0400. The first kappa shape index (κ1) is 11.4. The smallest absolute Gasteiger partial charge is 0.0137 e. The Morgan fingerprint density at radius 2 is 1.47 bits per heavy atom. The molecule has 2 rings (SSSR count). The zero-order valence-electron chi connectivity index (χ0n) is 11.3. The summed E-state index contributed by atoms with van der Waals surface area (Å²) >= 11 is 0. The zero-order chi connectivity index (χ0) is 11.5. The number of hydrogen-bond donors (Lipinski definition) is 1. The molecule has 0 spiro atoms. The lowest BCUT2D eigenvalue weighted by molar-refractivity contribution is -0.0543. The van der Waals surface area contributed by atoms with E-state index in [4.69, 9.17) is 0 Å². The molecule has 1 heteroatoms. The van der Waals surface area contributed by atoms with Crippen LogP contribution in [0, 0.1) is 22.2 Å². The first-order chi connectivity index (χ1) is 6.71. The summed E-state index contributed by atoms with van der Waals surface area (Å²) in [6.07, 6.45) is 2.82. The van der Waals surface area contributed by atoms with Gasteiger partial charge in [0.2, 0.25) is 0 Å². The summed E-state index contributed by atoms with van der Waals surface area (Å²) in [5.41, 5.74) is 1.29. The molecule has 15 heavy (non-hydrogen) atoms. The largest absolute Gasteiger partial charge is 0.313 e. The SMILES string of the molecule is CC(C)(C)C1(C(C)(C)C)C2CCC1NC2. The summed E-state index contributed by atoms with van der Waals surface area (Å²) in [6.45, 7) is 15.9. The van der Waals surface area contributed by atoms with E-state index < -0.39 is 0 Å². The average Bonchev–Trinajstić information content (AvgIpc) is 2.54. The molecule has 1 saturated carbocycles. The normalized spacial score (nSPS) is 34.8. The van der Waals surface area contributed by atoms with Crippen molar-refractivity contribution in [2.75, 3.05) is 6.54 Å². The van der Waals surface area contributed by atoms with E-state index in [-0.39, 0.29) is 0 Å². The van der Waals surface area contributed by atoms with E-state index >= 15 is 0 Å². The molecule has 0 aromatic carbocycles. The van der Waals surface area contributed by atoms with Gasteiger partial charge < -0.3 is 5.32 Å². The van der Waals surface area contributed by atoms with Crippen LogP contribution in [-0.4, -0.2) is 12.6 Å². The van der Waals surface area contributed by atoms with Crippen molar-refractivity contribution in [2.45, 2.75) is 60.4 Å². The van der Waals surface area contributed by atoms with Crippen molar-refractivity contribution in [1.29, 1.82) is 0 Å². The Morgan fingerprint density at radius 1 is 0.933 bits per heavy atom. The Labute approximate surface area is 95.0 Å². The summed E-state index contributed by atoms with van der Waals surface area (Å²) in [5.74, 6) is 0.891. The Morgan fingerprint density at radius 3 is 1.60 bits per heavy atom. The van der Waals surface area contributed by atoms with E-state index in [2.05, 4.69) is 46.9 Å². The van der Waals surface area contributed by atoms with Crippen LogP contribution in [0.4, 0.5) is 0 Å². The fraction of sp³-hybridized carbons (Fsp3) is 1.00. The van der Waals surface area contributed by atoms with Gasteiger partial charge in [0.25, 0.3) is 0 Å². The fourth-order valence-corrected chi connectivity index (χ4v) is 5.31. The second-order valence-corrected chi connectivity index (χ2v) is 7.60.